The zero-order chi connectivity index (χ0) is 15.0. The Morgan fingerprint density at radius 2 is 1.67 bits per heavy atom. The van der Waals surface area contributed by atoms with Crippen molar-refractivity contribution in [3.63, 3.8) is 0 Å². The Kier molecular flexibility index (Phi) is 3.99. The number of ketones is 1. The second kappa shape index (κ2) is 5.77. The fourth-order valence-electron chi connectivity index (χ4n) is 2.31. The quantitative estimate of drug-likeness (QED) is 0.452. The lowest BCUT2D eigenvalue weighted by molar-refractivity contribution is 0.0953. The Labute approximate surface area is 138 Å². The fraction of sp³-hybridized carbons (Fsp3) is 0.235. The number of hydrogen-bond donors (Lipinski definition) is 0. The normalized spacial score (nSPS) is 20.1. The smallest absolute Gasteiger partial charge is 0.194 e. The van der Waals surface area contributed by atoms with E-state index in [1.165, 1.54) is 0 Å². The van der Waals surface area contributed by atoms with Crippen LogP contribution >= 0.6 is 22.6 Å². The van der Waals surface area contributed by atoms with Crippen LogP contribution in [0.5, 0.6) is 0 Å². The number of carbonyl (C=O) groups is 1. The number of rotatable bonds is 4. The van der Waals surface area contributed by atoms with E-state index in [9.17, 15) is 4.79 Å². The van der Waals surface area contributed by atoms with Gasteiger partial charge in [-0.15, -0.1) is 0 Å². The largest absolute Gasteiger partial charge is 0.378 e. The summed E-state index contributed by atoms with van der Waals surface area (Å²) in [5.41, 5.74) is 2.91. The molecular formula is C17H16INO2. The number of Topliss-reactive ketones (excluding diaryl/α,β-unsaturated/α-hetero) is 1. The standard InChI is InChI=1S/C17H16INO2/c1-19(2)14-9-5-12(6-10-14)16-17(21-16)15(20)11-3-7-13(18)8-4-11/h3-10,16-17H,1-2H3. The second-order valence-electron chi connectivity index (χ2n) is 5.33. The molecule has 21 heavy (non-hydrogen) atoms. The first kappa shape index (κ1) is 14.5. The topological polar surface area (TPSA) is 32.8 Å². The lowest BCUT2D eigenvalue weighted by atomic mass is 10.0. The van der Waals surface area contributed by atoms with Crippen molar-refractivity contribution in [2.24, 2.45) is 0 Å². The maximum atomic E-state index is 12.3. The highest BCUT2D eigenvalue weighted by Crippen LogP contribution is 2.41. The van der Waals surface area contributed by atoms with E-state index in [2.05, 4.69) is 22.6 Å². The average molecular weight is 393 g/mol. The summed E-state index contributed by atoms with van der Waals surface area (Å²) in [6.45, 7) is 0. The van der Waals surface area contributed by atoms with Crippen LogP contribution in [0, 0.1) is 3.57 Å². The van der Waals surface area contributed by atoms with Crippen LogP contribution in [-0.4, -0.2) is 26.0 Å². The van der Waals surface area contributed by atoms with Crippen molar-refractivity contribution in [1.29, 1.82) is 0 Å². The molecule has 1 aliphatic rings. The Morgan fingerprint density at radius 1 is 1.05 bits per heavy atom. The van der Waals surface area contributed by atoms with Gasteiger partial charge in [-0.25, -0.2) is 0 Å². The molecule has 1 fully saturated rings. The maximum absolute atomic E-state index is 12.3. The van der Waals surface area contributed by atoms with E-state index >= 15 is 0 Å². The Morgan fingerprint density at radius 3 is 2.24 bits per heavy atom. The highest BCUT2D eigenvalue weighted by atomic mass is 127. The summed E-state index contributed by atoms with van der Waals surface area (Å²) < 4.78 is 6.71. The lowest BCUT2D eigenvalue weighted by Crippen LogP contribution is -2.09. The fourth-order valence-corrected chi connectivity index (χ4v) is 2.67. The minimum Gasteiger partial charge on any atom is -0.378 e. The van der Waals surface area contributed by atoms with Crippen LogP contribution in [0.3, 0.4) is 0 Å². The number of anilines is 1. The van der Waals surface area contributed by atoms with Crippen LogP contribution in [0.2, 0.25) is 0 Å². The van der Waals surface area contributed by atoms with Gasteiger partial charge >= 0.3 is 0 Å². The minimum atomic E-state index is -0.338. The SMILES string of the molecule is CN(C)c1ccc(C2OC2C(=O)c2ccc(I)cc2)cc1. The first-order valence-corrected chi connectivity index (χ1v) is 7.86. The predicted octanol–water partition coefficient (Wildman–Crippen LogP) is 3.68. The molecule has 2 atom stereocenters. The number of ether oxygens (including phenoxy) is 1. The van der Waals surface area contributed by atoms with E-state index in [-0.39, 0.29) is 18.0 Å². The first-order valence-electron chi connectivity index (χ1n) is 6.79. The van der Waals surface area contributed by atoms with Crippen molar-refractivity contribution in [3.05, 3.63) is 63.2 Å². The summed E-state index contributed by atoms with van der Waals surface area (Å²) in [5, 5.41) is 0. The molecule has 0 aromatic heterocycles. The van der Waals surface area contributed by atoms with Gasteiger partial charge < -0.3 is 9.64 Å². The predicted molar refractivity (Wildman–Crippen MR) is 91.9 cm³/mol. The Balaban J connectivity index is 1.71. The third kappa shape index (κ3) is 3.11. The lowest BCUT2D eigenvalue weighted by Gasteiger charge is -2.12. The number of epoxide rings is 1. The van der Waals surface area contributed by atoms with Crippen molar-refractivity contribution in [2.75, 3.05) is 19.0 Å². The summed E-state index contributed by atoms with van der Waals surface area (Å²) in [4.78, 5) is 14.4. The van der Waals surface area contributed by atoms with Gasteiger partial charge in [0.1, 0.15) is 6.10 Å². The molecule has 0 radical (unpaired) electrons. The van der Waals surface area contributed by atoms with Gasteiger partial charge in [-0.05, 0) is 52.4 Å². The van der Waals surface area contributed by atoms with Crippen LogP contribution in [0.25, 0.3) is 0 Å². The van der Waals surface area contributed by atoms with Gasteiger partial charge in [-0.3, -0.25) is 4.79 Å². The van der Waals surface area contributed by atoms with Gasteiger partial charge in [-0.2, -0.15) is 0 Å². The van der Waals surface area contributed by atoms with Crippen LogP contribution in [0.1, 0.15) is 22.0 Å². The molecule has 1 aliphatic heterocycles. The molecule has 1 saturated heterocycles. The van der Waals surface area contributed by atoms with Crippen LogP contribution in [-0.2, 0) is 4.74 Å². The van der Waals surface area contributed by atoms with E-state index in [0.29, 0.717) is 5.56 Å². The van der Waals surface area contributed by atoms with Gasteiger partial charge in [0.25, 0.3) is 0 Å². The first-order chi connectivity index (χ1) is 10.1. The molecule has 0 bridgehead atoms. The van der Waals surface area contributed by atoms with Gasteiger partial charge in [-0.1, -0.05) is 24.3 Å². The van der Waals surface area contributed by atoms with E-state index in [1.54, 1.807) is 0 Å². The maximum Gasteiger partial charge on any atom is 0.194 e. The average Bonchev–Trinajstić information content (AvgIpc) is 3.28. The second-order valence-corrected chi connectivity index (χ2v) is 6.58. The summed E-state index contributed by atoms with van der Waals surface area (Å²) >= 11 is 2.23. The molecule has 0 aliphatic carbocycles. The van der Waals surface area contributed by atoms with Crippen molar-refractivity contribution in [3.8, 4) is 0 Å². The summed E-state index contributed by atoms with van der Waals surface area (Å²) in [7, 11) is 4.01. The molecule has 0 saturated carbocycles. The number of carbonyl (C=O) groups excluding carboxylic acids is 1. The Bertz CT molecular complexity index is 649. The monoisotopic (exact) mass is 393 g/mol. The summed E-state index contributed by atoms with van der Waals surface area (Å²) in [5.74, 6) is 0.0630. The number of nitrogens with zero attached hydrogens (tertiary/aromatic N) is 1. The summed E-state index contributed by atoms with van der Waals surface area (Å²) in [6, 6.07) is 15.7. The molecule has 2 unspecified atom stereocenters. The van der Waals surface area contributed by atoms with E-state index in [4.69, 9.17) is 4.74 Å². The minimum absolute atomic E-state index is 0.0630. The van der Waals surface area contributed by atoms with Crippen molar-refractivity contribution in [2.45, 2.75) is 12.2 Å². The molecule has 1 heterocycles. The van der Waals surface area contributed by atoms with E-state index < -0.39 is 0 Å². The molecule has 4 heteroatoms. The van der Waals surface area contributed by atoms with Gasteiger partial charge in [0, 0.05) is 28.9 Å². The molecule has 3 rings (SSSR count). The highest BCUT2D eigenvalue weighted by molar-refractivity contribution is 14.1. The van der Waals surface area contributed by atoms with Gasteiger partial charge in [0.15, 0.2) is 11.9 Å². The molecule has 108 valence electrons. The molecule has 3 nitrogen and oxygen atoms in total. The molecular weight excluding hydrogens is 377 g/mol. The molecule has 0 N–H and O–H groups in total. The van der Waals surface area contributed by atoms with Crippen molar-refractivity contribution in [1.82, 2.24) is 0 Å². The third-order valence-corrected chi connectivity index (χ3v) is 4.34. The summed E-state index contributed by atoms with van der Waals surface area (Å²) in [6.07, 6.45) is -0.441. The highest BCUT2D eigenvalue weighted by Gasteiger charge is 2.46. The van der Waals surface area contributed by atoms with Crippen LogP contribution < -0.4 is 4.90 Å². The van der Waals surface area contributed by atoms with E-state index in [1.807, 2.05) is 67.5 Å². The Hall–Kier alpha value is -1.40. The molecule has 0 amide bonds. The van der Waals surface area contributed by atoms with Crippen LogP contribution in [0.15, 0.2) is 48.5 Å². The third-order valence-electron chi connectivity index (χ3n) is 3.62. The molecule has 2 aromatic carbocycles. The molecule has 0 spiro atoms. The van der Waals surface area contributed by atoms with Gasteiger partial charge in [0.2, 0.25) is 0 Å². The molecule has 2 aromatic rings. The number of halogens is 1. The van der Waals surface area contributed by atoms with Crippen molar-refractivity contribution >= 4 is 34.1 Å². The zero-order valence-electron chi connectivity index (χ0n) is 11.9. The van der Waals surface area contributed by atoms with Crippen molar-refractivity contribution < 1.29 is 9.53 Å². The van der Waals surface area contributed by atoms with Crippen LogP contribution in [0.4, 0.5) is 5.69 Å². The number of hydrogen-bond acceptors (Lipinski definition) is 3. The number of benzene rings is 2. The van der Waals surface area contributed by atoms with Gasteiger partial charge in [0.05, 0.1) is 0 Å². The van der Waals surface area contributed by atoms with E-state index in [0.717, 1.165) is 14.8 Å². The zero-order valence-corrected chi connectivity index (χ0v) is 14.1.